The molecule has 0 saturated carbocycles. The van der Waals surface area contributed by atoms with E-state index in [0.29, 0.717) is 22.8 Å². The highest BCUT2D eigenvalue weighted by Gasteiger charge is 2.10. The van der Waals surface area contributed by atoms with E-state index in [1.165, 1.54) is 20.3 Å². The number of primary amides is 1. The Morgan fingerprint density at radius 1 is 1.12 bits per heavy atom. The third-order valence-electron chi connectivity index (χ3n) is 2.17. The minimum atomic E-state index is -0.537. The highest BCUT2D eigenvalue weighted by molar-refractivity contribution is 5.91. The van der Waals surface area contributed by atoms with E-state index < -0.39 is 5.91 Å². The van der Waals surface area contributed by atoms with Gasteiger partial charge in [0.25, 0.3) is 0 Å². The molecular formula is C12H15NO4. The predicted molar refractivity (Wildman–Crippen MR) is 64.3 cm³/mol. The monoisotopic (exact) mass is 237 g/mol. The van der Waals surface area contributed by atoms with Crippen molar-refractivity contribution in [2.75, 3.05) is 21.3 Å². The molecular weight excluding hydrogens is 222 g/mol. The van der Waals surface area contributed by atoms with Crippen LogP contribution in [0.15, 0.2) is 18.2 Å². The minimum Gasteiger partial charge on any atom is -0.496 e. The Labute approximate surface area is 99.8 Å². The summed E-state index contributed by atoms with van der Waals surface area (Å²) in [6.45, 7) is 0. The number of carbonyl (C=O) groups is 1. The number of hydrogen-bond donors (Lipinski definition) is 1. The number of ether oxygens (including phenoxy) is 3. The molecule has 0 heterocycles. The van der Waals surface area contributed by atoms with Gasteiger partial charge in [-0.15, -0.1) is 0 Å². The third-order valence-corrected chi connectivity index (χ3v) is 2.17. The summed E-state index contributed by atoms with van der Waals surface area (Å²) in [5.41, 5.74) is 5.68. The average Bonchev–Trinajstić information content (AvgIpc) is 2.34. The lowest BCUT2D eigenvalue weighted by Crippen LogP contribution is -2.05. The summed E-state index contributed by atoms with van der Waals surface area (Å²) in [6, 6.07) is 3.40. The van der Waals surface area contributed by atoms with Gasteiger partial charge in [-0.1, -0.05) is 0 Å². The molecule has 0 radical (unpaired) electrons. The largest absolute Gasteiger partial charge is 0.496 e. The Hall–Kier alpha value is -2.17. The Balaban J connectivity index is 3.29. The van der Waals surface area contributed by atoms with Crippen LogP contribution in [0.1, 0.15) is 5.56 Å². The van der Waals surface area contributed by atoms with Crippen LogP contribution in [-0.4, -0.2) is 27.2 Å². The first-order valence-electron chi connectivity index (χ1n) is 4.90. The van der Waals surface area contributed by atoms with E-state index >= 15 is 0 Å². The van der Waals surface area contributed by atoms with Crippen LogP contribution in [0.25, 0.3) is 6.08 Å². The quantitative estimate of drug-likeness (QED) is 0.781. The second-order valence-corrected chi connectivity index (χ2v) is 3.18. The molecule has 0 aliphatic rings. The summed E-state index contributed by atoms with van der Waals surface area (Å²) < 4.78 is 15.5. The fourth-order valence-electron chi connectivity index (χ4n) is 1.36. The van der Waals surface area contributed by atoms with Crippen molar-refractivity contribution < 1.29 is 19.0 Å². The van der Waals surface area contributed by atoms with Crippen molar-refractivity contribution in [1.82, 2.24) is 0 Å². The summed E-state index contributed by atoms with van der Waals surface area (Å²) in [5, 5.41) is 0. The number of carbonyl (C=O) groups excluding carboxylic acids is 1. The van der Waals surface area contributed by atoms with Gasteiger partial charge in [-0.05, 0) is 6.08 Å². The van der Waals surface area contributed by atoms with Crippen molar-refractivity contribution in [3.8, 4) is 17.2 Å². The Morgan fingerprint density at radius 2 is 1.65 bits per heavy atom. The molecule has 0 aliphatic heterocycles. The van der Waals surface area contributed by atoms with Gasteiger partial charge in [0.05, 0.1) is 26.9 Å². The van der Waals surface area contributed by atoms with E-state index in [0.717, 1.165) is 0 Å². The lowest BCUT2D eigenvalue weighted by Gasteiger charge is -2.12. The topological polar surface area (TPSA) is 70.8 Å². The van der Waals surface area contributed by atoms with Gasteiger partial charge in [-0.3, -0.25) is 4.79 Å². The molecule has 0 saturated heterocycles. The summed E-state index contributed by atoms with van der Waals surface area (Å²) in [5.74, 6) is 1.15. The highest BCUT2D eigenvalue weighted by Crippen LogP contribution is 2.34. The zero-order chi connectivity index (χ0) is 12.8. The Morgan fingerprint density at radius 3 is 2.00 bits per heavy atom. The van der Waals surface area contributed by atoms with Gasteiger partial charge in [-0.25, -0.2) is 0 Å². The molecule has 17 heavy (non-hydrogen) atoms. The smallest absolute Gasteiger partial charge is 0.241 e. The highest BCUT2D eigenvalue weighted by atomic mass is 16.5. The van der Waals surface area contributed by atoms with Crippen molar-refractivity contribution in [3.05, 3.63) is 23.8 Å². The van der Waals surface area contributed by atoms with Crippen molar-refractivity contribution in [1.29, 1.82) is 0 Å². The van der Waals surface area contributed by atoms with Crippen LogP contribution in [0.4, 0.5) is 0 Å². The zero-order valence-electron chi connectivity index (χ0n) is 10.0. The molecule has 0 aliphatic carbocycles. The molecule has 1 rings (SSSR count). The SMILES string of the molecule is COc1cc(OC)c(C=CC(N)=O)c(OC)c1. The van der Waals surface area contributed by atoms with Crippen LogP contribution in [0.2, 0.25) is 0 Å². The lowest BCUT2D eigenvalue weighted by molar-refractivity contribution is -0.113. The molecule has 0 unspecified atom stereocenters. The maximum atomic E-state index is 10.7. The molecule has 5 nitrogen and oxygen atoms in total. The average molecular weight is 237 g/mol. The van der Waals surface area contributed by atoms with Gasteiger partial charge in [0.2, 0.25) is 5.91 Å². The molecule has 0 spiro atoms. The zero-order valence-corrected chi connectivity index (χ0v) is 10.0. The number of rotatable bonds is 5. The Bertz CT molecular complexity index is 415. The first-order valence-corrected chi connectivity index (χ1v) is 4.90. The molecule has 0 bridgehead atoms. The molecule has 5 heteroatoms. The molecule has 2 N–H and O–H groups in total. The molecule has 92 valence electrons. The van der Waals surface area contributed by atoms with Gasteiger partial charge in [-0.2, -0.15) is 0 Å². The second kappa shape index (κ2) is 5.79. The molecule has 1 aromatic carbocycles. The van der Waals surface area contributed by atoms with Crippen LogP contribution < -0.4 is 19.9 Å². The standard InChI is InChI=1S/C12H15NO4/c1-15-8-6-10(16-2)9(4-5-12(13)14)11(7-8)17-3/h4-7H,1-3H3,(H2,13,14). The van der Waals surface area contributed by atoms with Crippen molar-refractivity contribution >= 4 is 12.0 Å². The van der Waals surface area contributed by atoms with E-state index in [2.05, 4.69) is 0 Å². The lowest BCUT2D eigenvalue weighted by atomic mass is 10.1. The fraction of sp³-hybridized carbons (Fsp3) is 0.250. The summed E-state index contributed by atoms with van der Waals surface area (Å²) in [7, 11) is 4.60. The molecule has 0 fully saturated rings. The van der Waals surface area contributed by atoms with E-state index in [1.54, 1.807) is 25.3 Å². The van der Waals surface area contributed by atoms with Crippen LogP contribution in [0.3, 0.4) is 0 Å². The number of amides is 1. The minimum absolute atomic E-state index is 0.537. The molecule has 1 aromatic rings. The van der Waals surface area contributed by atoms with Crippen molar-refractivity contribution in [3.63, 3.8) is 0 Å². The van der Waals surface area contributed by atoms with E-state index in [9.17, 15) is 4.79 Å². The van der Waals surface area contributed by atoms with Gasteiger partial charge in [0.15, 0.2) is 0 Å². The summed E-state index contributed by atoms with van der Waals surface area (Å²) in [4.78, 5) is 10.7. The number of methoxy groups -OCH3 is 3. The van der Waals surface area contributed by atoms with Gasteiger partial charge >= 0.3 is 0 Å². The van der Waals surface area contributed by atoms with Crippen molar-refractivity contribution in [2.24, 2.45) is 5.73 Å². The Kier molecular flexibility index (Phi) is 4.39. The van der Waals surface area contributed by atoms with Crippen LogP contribution in [0, 0.1) is 0 Å². The maximum Gasteiger partial charge on any atom is 0.241 e. The second-order valence-electron chi connectivity index (χ2n) is 3.18. The fourth-order valence-corrected chi connectivity index (χ4v) is 1.36. The molecule has 0 aromatic heterocycles. The predicted octanol–water partition coefficient (Wildman–Crippen LogP) is 1.21. The van der Waals surface area contributed by atoms with E-state index in [4.69, 9.17) is 19.9 Å². The van der Waals surface area contributed by atoms with Gasteiger partial charge in [0, 0.05) is 18.2 Å². The maximum absolute atomic E-state index is 10.7. The number of hydrogen-bond acceptors (Lipinski definition) is 4. The van der Waals surface area contributed by atoms with Crippen LogP contribution in [-0.2, 0) is 4.79 Å². The molecule has 1 amide bonds. The first-order chi connectivity index (χ1) is 8.12. The third kappa shape index (κ3) is 3.14. The normalized spacial score (nSPS) is 10.3. The van der Waals surface area contributed by atoms with Crippen LogP contribution in [0.5, 0.6) is 17.2 Å². The van der Waals surface area contributed by atoms with Crippen molar-refractivity contribution in [2.45, 2.75) is 0 Å². The molecule has 0 atom stereocenters. The van der Waals surface area contributed by atoms with Crippen LogP contribution >= 0.6 is 0 Å². The first kappa shape index (κ1) is 12.9. The van der Waals surface area contributed by atoms with Gasteiger partial charge in [0.1, 0.15) is 17.2 Å². The summed E-state index contributed by atoms with van der Waals surface area (Å²) >= 11 is 0. The number of benzene rings is 1. The number of nitrogens with two attached hydrogens (primary N) is 1. The summed E-state index contributed by atoms with van der Waals surface area (Å²) in [6.07, 6.45) is 2.78. The van der Waals surface area contributed by atoms with E-state index in [1.807, 2.05) is 0 Å². The van der Waals surface area contributed by atoms with E-state index in [-0.39, 0.29) is 0 Å². The van der Waals surface area contributed by atoms with Gasteiger partial charge < -0.3 is 19.9 Å².